The number of hydrogen-bond donors (Lipinski definition) is 1. The molecule has 1 fully saturated rings. The predicted octanol–water partition coefficient (Wildman–Crippen LogP) is 3.89. The molecule has 1 amide bonds. The Labute approximate surface area is 242 Å². The molecular formula is C30H39N5O5S+2. The molecule has 218 valence electrons. The molecule has 3 aromatic rings. The molecule has 1 aliphatic heterocycles. The number of fused-ring (bicyclic) bond motifs is 4. The molecule has 1 aromatic heterocycles. The highest BCUT2D eigenvalue weighted by Crippen LogP contribution is 2.56. The number of rotatable bonds is 3. The molecular weight excluding hydrogens is 542 g/mol. The number of amides is 1. The largest absolute Gasteiger partial charge is 0.444 e. The Morgan fingerprint density at radius 2 is 1.78 bits per heavy atom. The smallest absolute Gasteiger partial charge is 0.410 e. The van der Waals surface area contributed by atoms with Crippen LogP contribution in [0, 0.1) is 11.3 Å². The van der Waals surface area contributed by atoms with Gasteiger partial charge in [-0.15, -0.1) is 4.31 Å². The zero-order chi connectivity index (χ0) is 30.1. The summed E-state index contributed by atoms with van der Waals surface area (Å²) in [4.78, 5) is 34.5. The maximum Gasteiger partial charge on any atom is 0.410 e. The number of nitrogens with zero attached hydrogens (tertiary/aromatic N) is 4. The summed E-state index contributed by atoms with van der Waals surface area (Å²) in [5.41, 5.74) is 3.50. The Morgan fingerprint density at radius 3 is 2.37 bits per heavy atom. The van der Waals surface area contributed by atoms with Crippen LogP contribution < -0.4 is 4.90 Å². The highest BCUT2D eigenvalue weighted by molar-refractivity contribution is 8.22. The molecule has 11 heteroatoms. The number of carbonyl (C=O) groups is 2. The van der Waals surface area contributed by atoms with Crippen LogP contribution in [-0.4, -0.2) is 81.0 Å². The van der Waals surface area contributed by atoms with E-state index in [1.807, 2.05) is 32.9 Å². The molecule has 0 atom stereocenters. The second-order valence-corrected chi connectivity index (χ2v) is 14.7. The van der Waals surface area contributed by atoms with Gasteiger partial charge in [0.05, 0.1) is 33.7 Å². The molecule has 0 spiro atoms. The molecule has 1 aliphatic carbocycles. The van der Waals surface area contributed by atoms with E-state index < -0.39 is 21.8 Å². The molecule has 0 radical (unpaired) electrons. The van der Waals surface area contributed by atoms with Gasteiger partial charge in [-0.3, -0.25) is 13.9 Å². The normalized spacial score (nSPS) is 17.3. The van der Waals surface area contributed by atoms with Crippen LogP contribution in [0.3, 0.4) is 0 Å². The molecule has 0 unspecified atom stereocenters. The maximum atomic E-state index is 14.1. The number of aromatic nitrogens is 1. The van der Waals surface area contributed by atoms with Gasteiger partial charge in [0.15, 0.2) is 10.7 Å². The first-order chi connectivity index (χ1) is 19.1. The number of H-pyrrole nitrogens is 1. The van der Waals surface area contributed by atoms with Crippen molar-refractivity contribution in [3.63, 3.8) is 0 Å². The summed E-state index contributed by atoms with van der Waals surface area (Å²) in [5, 5.41) is 10.2. The summed E-state index contributed by atoms with van der Waals surface area (Å²) < 4.78 is 25.3. The third-order valence-electron chi connectivity index (χ3n) is 7.93. The lowest BCUT2D eigenvalue weighted by molar-refractivity contribution is 0.0240. The van der Waals surface area contributed by atoms with Gasteiger partial charge < -0.3 is 19.5 Å². The van der Waals surface area contributed by atoms with Gasteiger partial charge in [0.2, 0.25) is 0 Å². The summed E-state index contributed by atoms with van der Waals surface area (Å²) >= 11 is 0. The highest BCUT2D eigenvalue weighted by atomic mass is 32.3. The van der Waals surface area contributed by atoms with Gasteiger partial charge in [-0.2, -0.15) is 5.26 Å². The second kappa shape index (κ2) is 9.77. The Balaban J connectivity index is 1.61. The lowest BCUT2D eigenvalue weighted by Gasteiger charge is -2.41. The minimum atomic E-state index is -2.93. The van der Waals surface area contributed by atoms with E-state index in [1.54, 1.807) is 41.5 Å². The second-order valence-electron chi connectivity index (χ2n) is 12.4. The van der Waals surface area contributed by atoms with Crippen LogP contribution >= 0.6 is 10.8 Å². The van der Waals surface area contributed by atoms with E-state index in [0.29, 0.717) is 47.8 Å². The number of hydrogen-bond acceptors (Lipinski definition) is 6. The van der Waals surface area contributed by atoms with Crippen LogP contribution in [0.1, 0.15) is 67.4 Å². The van der Waals surface area contributed by atoms with Crippen molar-refractivity contribution in [3.8, 4) is 6.07 Å². The van der Waals surface area contributed by atoms with E-state index in [0.717, 1.165) is 27.8 Å². The molecule has 10 nitrogen and oxygen atoms in total. The van der Waals surface area contributed by atoms with E-state index in [4.69, 9.17) is 13.8 Å². The minimum Gasteiger partial charge on any atom is -0.444 e. The lowest BCUT2D eigenvalue weighted by atomic mass is 9.71. The van der Waals surface area contributed by atoms with Crippen molar-refractivity contribution in [1.29, 1.82) is 5.26 Å². The summed E-state index contributed by atoms with van der Waals surface area (Å²) in [6, 6.07) is 11.2. The van der Waals surface area contributed by atoms with E-state index in [2.05, 4.69) is 29.8 Å². The van der Waals surface area contributed by atoms with Crippen LogP contribution in [0.4, 0.5) is 10.5 Å². The fourth-order valence-corrected chi connectivity index (χ4v) is 6.82. The van der Waals surface area contributed by atoms with Crippen LogP contribution in [0.5, 0.6) is 0 Å². The minimum absolute atomic E-state index is 0.151. The number of ether oxygens (including phenoxy) is 1. The van der Waals surface area contributed by atoms with Crippen molar-refractivity contribution < 1.29 is 23.4 Å². The van der Waals surface area contributed by atoms with Crippen molar-refractivity contribution in [1.82, 2.24) is 14.2 Å². The standard InChI is InChI=1S/C30H37N5O5S/c1-29(2,3)40-28(37)35-12-10-34(11-13-35)23-16-21-20(15-24(23)41(38,39)33(6)7)26(36)25-19-9-8-18(17-31)14-22(19)32-27(25)30(21,4)5/h8-9,14-16,32,38-39H,10-13H2,1-7H3/p+2. The summed E-state index contributed by atoms with van der Waals surface area (Å²) in [7, 11) is 0.505. The van der Waals surface area contributed by atoms with Gasteiger partial charge >= 0.3 is 6.09 Å². The zero-order valence-corrected chi connectivity index (χ0v) is 25.5. The van der Waals surface area contributed by atoms with Crippen LogP contribution in [0.15, 0.2) is 35.2 Å². The molecule has 5 rings (SSSR count). The van der Waals surface area contributed by atoms with Crippen LogP contribution in [0.2, 0.25) is 0 Å². The quantitative estimate of drug-likeness (QED) is 0.466. The average molecular weight is 582 g/mol. The Kier molecular flexibility index (Phi) is 6.90. The SMILES string of the molecule is CN(C)S([OH2+])([OH2+])c1cc2c(cc1N1CCN(C(=O)OC(C)(C)C)CC1)C(C)(C)c1[nH]c3cc(C#N)ccc3c1C2=O. The van der Waals surface area contributed by atoms with Gasteiger partial charge in [-0.25, -0.2) is 4.79 Å². The molecule has 0 bridgehead atoms. The molecule has 2 aromatic carbocycles. The first kappa shape index (κ1) is 29.0. The van der Waals surface area contributed by atoms with Gasteiger partial charge in [0.1, 0.15) is 5.60 Å². The lowest BCUT2D eigenvalue weighted by Crippen LogP contribution is -2.50. The van der Waals surface area contributed by atoms with Crippen molar-refractivity contribution >= 4 is 39.2 Å². The molecule has 5 N–H and O–H groups in total. The van der Waals surface area contributed by atoms with Gasteiger partial charge in [-0.05, 0) is 50.6 Å². The number of piperazine rings is 1. The first-order valence-electron chi connectivity index (χ1n) is 13.6. The van der Waals surface area contributed by atoms with Crippen molar-refractivity contribution in [2.75, 3.05) is 45.2 Å². The number of anilines is 1. The van der Waals surface area contributed by atoms with E-state index in [9.17, 15) is 14.9 Å². The number of carbonyl (C=O) groups excluding carboxylic acids is 2. The van der Waals surface area contributed by atoms with Crippen molar-refractivity contribution in [2.45, 2.75) is 50.5 Å². The van der Waals surface area contributed by atoms with Crippen LogP contribution in [-0.2, 0) is 10.2 Å². The fourth-order valence-electron chi connectivity index (χ4n) is 5.65. The molecule has 2 heterocycles. The zero-order valence-electron chi connectivity index (χ0n) is 24.6. The summed E-state index contributed by atoms with van der Waals surface area (Å²) in [6.45, 7) is 11.6. The number of nitrogens with one attached hydrogen (secondary N) is 1. The Hall–Kier alpha value is -3.56. The topological polar surface area (TPSA) is 138 Å². The maximum absolute atomic E-state index is 14.1. The average Bonchev–Trinajstić information content (AvgIpc) is 3.30. The van der Waals surface area contributed by atoms with E-state index >= 15 is 0 Å². The number of benzene rings is 2. The fraction of sp³-hybridized carbons (Fsp3) is 0.433. The van der Waals surface area contributed by atoms with E-state index in [1.165, 1.54) is 0 Å². The Morgan fingerprint density at radius 1 is 1.12 bits per heavy atom. The van der Waals surface area contributed by atoms with Gasteiger partial charge in [-0.1, -0.05) is 19.9 Å². The summed E-state index contributed by atoms with van der Waals surface area (Å²) in [6.07, 6.45) is -0.352. The molecule has 0 saturated carbocycles. The first-order valence-corrected chi connectivity index (χ1v) is 15.2. The number of aromatic amines is 1. The van der Waals surface area contributed by atoms with Gasteiger partial charge in [0, 0.05) is 67.8 Å². The molecule has 1 saturated heterocycles. The van der Waals surface area contributed by atoms with Crippen molar-refractivity contribution in [3.05, 3.63) is 58.3 Å². The van der Waals surface area contributed by atoms with Crippen LogP contribution in [0.25, 0.3) is 10.9 Å². The molecule has 2 aliphatic rings. The molecule has 41 heavy (non-hydrogen) atoms. The van der Waals surface area contributed by atoms with Crippen molar-refractivity contribution in [2.24, 2.45) is 0 Å². The summed E-state index contributed by atoms with van der Waals surface area (Å²) in [5.74, 6) is -0.151. The Bertz CT molecular complexity index is 1600. The highest BCUT2D eigenvalue weighted by Gasteiger charge is 2.43. The third-order valence-corrected chi connectivity index (χ3v) is 9.99. The third kappa shape index (κ3) is 4.85. The number of ketones is 1. The van der Waals surface area contributed by atoms with E-state index in [-0.39, 0.29) is 11.9 Å². The van der Waals surface area contributed by atoms with Gasteiger partial charge in [0.25, 0.3) is 0 Å². The predicted molar refractivity (Wildman–Crippen MR) is 162 cm³/mol. The number of nitriles is 1. The monoisotopic (exact) mass is 581 g/mol.